The second kappa shape index (κ2) is 7.55. The van der Waals surface area contributed by atoms with Crippen LogP contribution in [0.15, 0.2) is 36.5 Å². The molecule has 0 spiro atoms. The molecular weight excluding hydrogens is 380 g/mol. The summed E-state index contributed by atoms with van der Waals surface area (Å²) in [6, 6.07) is 9.51. The minimum Gasteiger partial charge on any atom is -0.496 e. The number of nitrogens with one attached hydrogen (secondary N) is 1. The van der Waals surface area contributed by atoms with Crippen LogP contribution in [0.25, 0.3) is 10.9 Å². The molecule has 2 aromatic heterocycles. The normalized spacial score (nSPS) is 11.0. The molecule has 0 aliphatic rings. The molecular formula is C22H24N6O2. The molecule has 0 bridgehead atoms. The van der Waals surface area contributed by atoms with Crippen molar-refractivity contribution in [2.45, 2.75) is 20.8 Å². The van der Waals surface area contributed by atoms with Gasteiger partial charge in [0.15, 0.2) is 0 Å². The lowest BCUT2D eigenvalue weighted by atomic mass is 10.1. The zero-order valence-electron chi connectivity index (χ0n) is 17.6. The lowest BCUT2D eigenvalue weighted by Crippen LogP contribution is -2.03. The molecule has 8 heteroatoms. The summed E-state index contributed by atoms with van der Waals surface area (Å²) in [5, 5.41) is 8.07. The highest BCUT2D eigenvalue weighted by atomic mass is 16.5. The number of hydrogen-bond acceptors (Lipinski definition) is 7. The largest absolute Gasteiger partial charge is 0.496 e. The zero-order valence-corrected chi connectivity index (χ0v) is 17.6. The predicted molar refractivity (Wildman–Crippen MR) is 118 cm³/mol. The monoisotopic (exact) mass is 404 g/mol. The highest BCUT2D eigenvalue weighted by Gasteiger charge is 2.16. The third kappa shape index (κ3) is 3.36. The Labute approximate surface area is 174 Å². The van der Waals surface area contributed by atoms with E-state index in [-0.39, 0.29) is 0 Å². The van der Waals surface area contributed by atoms with Crippen LogP contribution >= 0.6 is 0 Å². The van der Waals surface area contributed by atoms with Crippen LogP contribution in [0.1, 0.15) is 16.8 Å². The number of anilines is 3. The molecule has 2 aromatic carbocycles. The van der Waals surface area contributed by atoms with Crippen molar-refractivity contribution >= 4 is 28.4 Å². The highest BCUT2D eigenvalue weighted by Crippen LogP contribution is 2.38. The fourth-order valence-electron chi connectivity index (χ4n) is 3.36. The lowest BCUT2D eigenvalue weighted by molar-refractivity contribution is 0.404. The van der Waals surface area contributed by atoms with Gasteiger partial charge < -0.3 is 20.5 Å². The number of benzene rings is 2. The summed E-state index contributed by atoms with van der Waals surface area (Å²) >= 11 is 0. The number of nitrogens with two attached hydrogens (primary N) is 1. The summed E-state index contributed by atoms with van der Waals surface area (Å²) in [6.45, 7) is 5.92. The molecule has 0 aliphatic carbocycles. The number of aryl methyl sites for hydroxylation is 2. The minimum atomic E-state index is 0.331. The fourth-order valence-corrected chi connectivity index (χ4v) is 3.36. The van der Waals surface area contributed by atoms with Gasteiger partial charge in [-0.25, -0.2) is 4.98 Å². The van der Waals surface area contributed by atoms with E-state index in [1.165, 1.54) is 0 Å². The number of nitrogen functional groups attached to an aromatic ring is 1. The molecule has 2 heterocycles. The van der Waals surface area contributed by atoms with Gasteiger partial charge in [-0.05, 0) is 44.5 Å². The molecule has 0 saturated heterocycles. The number of aromatic nitrogens is 4. The molecule has 30 heavy (non-hydrogen) atoms. The van der Waals surface area contributed by atoms with Gasteiger partial charge in [0.1, 0.15) is 23.1 Å². The summed E-state index contributed by atoms with van der Waals surface area (Å²) in [5.41, 5.74) is 10.7. The molecule has 0 saturated carbocycles. The second-order valence-corrected chi connectivity index (χ2v) is 7.12. The standard InChI is InChI=1S/C22H24N6O2/c1-12-9-10-17(29-5)13(2)20(12)30-18-8-6-7-15-19(18)21(23)27-22(25-15)26-16-11-24-28(4)14(16)3/h6-11H,1-5H3,(H3,23,25,26,27). The van der Waals surface area contributed by atoms with Gasteiger partial charge in [0.25, 0.3) is 0 Å². The summed E-state index contributed by atoms with van der Waals surface area (Å²) < 4.78 is 13.5. The first-order valence-corrected chi connectivity index (χ1v) is 9.53. The molecule has 0 fully saturated rings. The van der Waals surface area contributed by atoms with Crippen molar-refractivity contribution in [1.82, 2.24) is 19.7 Å². The Kier molecular flexibility index (Phi) is 4.91. The third-order valence-electron chi connectivity index (χ3n) is 5.18. The molecule has 0 radical (unpaired) electrons. The van der Waals surface area contributed by atoms with Gasteiger partial charge in [0, 0.05) is 12.6 Å². The van der Waals surface area contributed by atoms with E-state index >= 15 is 0 Å². The van der Waals surface area contributed by atoms with Crippen LogP contribution in [0.4, 0.5) is 17.5 Å². The molecule has 8 nitrogen and oxygen atoms in total. The van der Waals surface area contributed by atoms with Crippen molar-refractivity contribution in [1.29, 1.82) is 0 Å². The number of fused-ring (bicyclic) bond motifs is 1. The molecule has 154 valence electrons. The fraction of sp³-hybridized carbons (Fsp3) is 0.227. The van der Waals surface area contributed by atoms with Crippen molar-refractivity contribution in [3.05, 3.63) is 53.3 Å². The second-order valence-electron chi connectivity index (χ2n) is 7.12. The SMILES string of the molecule is COc1ccc(C)c(Oc2cccc3nc(Nc4cnn(C)c4C)nc(N)c23)c1C. The quantitative estimate of drug-likeness (QED) is 0.508. The number of nitrogens with zero attached hydrogens (tertiary/aromatic N) is 4. The average molecular weight is 404 g/mol. The first kappa shape index (κ1) is 19.5. The van der Waals surface area contributed by atoms with Crippen LogP contribution in [0.3, 0.4) is 0 Å². The zero-order chi connectivity index (χ0) is 21.4. The molecule has 0 amide bonds. The van der Waals surface area contributed by atoms with E-state index in [1.54, 1.807) is 18.0 Å². The maximum atomic E-state index is 6.32. The van der Waals surface area contributed by atoms with Gasteiger partial charge in [0.2, 0.25) is 5.95 Å². The van der Waals surface area contributed by atoms with Crippen LogP contribution in [0.5, 0.6) is 17.2 Å². The van der Waals surface area contributed by atoms with E-state index in [0.29, 0.717) is 28.4 Å². The van der Waals surface area contributed by atoms with Gasteiger partial charge in [-0.3, -0.25) is 4.68 Å². The van der Waals surface area contributed by atoms with E-state index in [0.717, 1.165) is 34.0 Å². The van der Waals surface area contributed by atoms with Gasteiger partial charge in [0.05, 0.1) is 35.6 Å². The third-order valence-corrected chi connectivity index (χ3v) is 5.18. The topological polar surface area (TPSA) is 100 Å². The highest BCUT2D eigenvalue weighted by molar-refractivity contribution is 5.95. The Morgan fingerprint density at radius 2 is 1.83 bits per heavy atom. The predicted octanol–water partition coefficient (Wildman–Crippen LogP) is 4.42. The molecule has 0 unspecified atom stereocenters. The summed E-state index contributed by atoms with van der Waals surface area (Å²) in [4.78, 5) is 9.06. The average Bonchev–Trinajstić information content (AvgIpc) is 3.03. The van der Waals surface area contributed by atoms with Crippen molar-refractivity contribution in [3.8, 4) is 17.2 Å². The molecule has 3 N–H and O–H groups in total. The molecule has 0 atom stereocenters. The van der Waals surface area contributed by atoms with Crippen LogP contribution in [-0.4, -0.2) is 26.9 Å². The van der Waals surface area contributed by atoms with Gasteiger partial charge in [-0.1, -0.05) is 12.1 Å². The number of hydrogen-bond donors (Lipinski definition) is 2. The van der Waals surface area contributed by atoms with Crippen LogP contribution in [0, 0.1) is 20.8 Å². The Balaban J connectivity index is 1.75. The maximum absolute atomic E-state index is 6.32. The Hall–Kier alpha value is -3.81. The van der Waals surface area contributed by atoms with E-state index in [1.807, 2.05) is 58.2 Å². The lowest BCUT2D eigenvalue weighted by Gasteiger charge is -2.16. The summed E-state index contributed by atoms with van der Waals surface area (Å²) in [7, 11) is 3.52. The van der Waals surface area contributed by atoms with E-state index in [4.69, 9.17) is 15.2 Å². The van der Waals surface area contributed by atoms with E-state index in [2.05, 4.69) is 20.4 Å². The van der Waals surface area contributed by atoms with Gasteiger partial charge in [-0.15, -0.1) is 0 Å². The molecule has 0 aliphatic heterocycles. The molecule has 4 aromatic rings. The van der Waals surface area contributed by atoms with E-state index < -0.39 is 0 Å². The maximum Gasteiger partial charge on any atom is 0.229 e. The number of rotatable bonds is 5. The van der Waals surface area contributed by atoms with Crippen molar-refractivity contribution in [3.63, 3.8) is 0 Å². The van der Waals surface area contributed by atoms with Crippen LogP contribution in [-0.2, 0) is 7.05 Å². The van der Waals surface area contributed by atoms with Crippen molar-refractivity contribution in [2.24, 2.45) is 7.05 Å². The van der Waals surface area contributed by atoms with Crippen LogP contribution < -0.4 is 20.5 Å². The first-order valence-electron chi connectivity index (χ1n) is 9.53. The summed E-state index contributed by atoms with van der Waals surface area (Å²) in [6.07, 6.45) is 1.73. The Morgan fingerprint density at radius 1 is 1.03 bits per heavy atom. The van der Waals surface area contributed by atoms with Crippen molar-refractivity contribution < 1.29 is 9.47 Å². The van der Waals surface area contributed by atoms with Gasteiger partial charge >= 0.3 is 0 Å². The Morgan fingerprint density at radius 3 is 2.53 bits per heavy atom. The van der Waals surface area contributed by atoms with E-state index in [9.17, 15) is 0 Å². The number of methoxy groups -OCH3 is 1. The van der Waals surface area contributed by atoms with Crippen molar-refractivity contribution in [2.75, 3.05) is 18.2 Å². The molecule has 4 rings (SSSR count). The summed E-state index contributed by atoms with van der Waals surface area (Å²) in [5.74, 6) is 2.82. The van der Waals surface area contributed by atoms with Gasteiger partial charge in [-0.2, -0.15) is 10.1 Å². The Bertz CT molecular complexity index is 1250. The number of ether oxygens (including phenoxy) is 2. The van der Waals surface area contributed by atoms with Crippen LogP contribution in [0.2, 0.25) is 0 Å². The minimum absolute atomic E-state index is 0.331. The first-order chi connectivity index (χ1) is 14.4. The smallest absolute Gasteiger partial charge is 0.229 e.